The molecular formula is C13H16N2O3. The van der Waals surface area contributed by atoms with Gasteiger partial charge in [0.2, 0.25) is 5.91 Å². The van der Waals surface area contributed by atoms with Gasteiger partial charge in [-0.1, -0.05) is 30.3 Å². The average molecular weight is 248 g/mol. The summed E-state index contributed by atoms with van der Waals surface area (Å²) in [5, 5.41) is 0. The number of aldehydes is 1. The molecule has 0 bridgehead atoms. The first-order valence-corrected chi connectivity index (χ1v) is 5.86. The molecule has 1 saturated heterocycles. The fraction of sp³-hybridized carbons (Fsp3) is 0.385. The van der Waals surface area contributed by atoms with Crippen molar-refractivity contribution in [2.45, 2.75) is 5.54 Å². The van der Waals surface area contributed by atoms with E-state index in [1.165, 1.54) is 0 Å². The predicted octanol–water partition coefficient (Wildman–Crippen LogP) is -0.102. The van der Waals surface area contributed by atoms with Crippen LogP contribution in [0.4, 0.5) is 0 Å². The molecule has 5 nitrogen and oxygen atoms in total. The molecule has 1 aliphatic heterocycles. The number of morpholine rings is 1. The highest BCUT2D eigenvalue weighted by Crippen LogP contribution is 2.27. The number of primary amides is 1. The summed E-state index contributed by atoms with van der Waals surface area (Å²) >= 11 is 0. The van der Waals surface area contributed by atoms with Gasteiger partial charge >= 0.3 is 0 Å². The number of nitrogens with zero attached hydrogens (tertiary/aromatic N) is 1. The van der Waals surface area contributed by atoms with Crippen LogP contribution in [-0.2, 0) is 19.9 Å². The van der Waals surface area contributed by atoms with Crippen molar-refractivity contribution in [3.63, 3.8) is 0 Å². The minimum atomic E-state index is -1.38. The summed E-state index contributed by atoms with van der Waals surface area (Å²) in [6.45, 7) is 2.01. The Bertz CT molecular complexity index is 429. The lowest BCUT2D eigenvalue weighted by Gasteiger charge is -2.39. The van der Waals surface area contributed by atoms with Crippen LogP contribution in [0.1, 0.15) is 5.56 Å². The van der Waals surface area contributed by atoms with Gasteiger partial charge in [0.05, 0.1) is 13.2 Å². The molecule has 2 rings (SSSR count). The van der Waals surface area contributed by atoms with E-state index in [1.54, 1.807) is 29.2 Å². The molecule has 2 N–H and O–H groups in total. The summed E-state index contributed by atoms with van der Waals surface area (Å²) in [5.41, 5.74) is 4.71. The van der Waals surface area contributed by atoms with Crippen LogP contribution in [0.2, 0.25) is 0 Å². The highest BCUT2D eigenvalue weighted by molar-refractivity contribution is 6.01. The topological polar surface area (TPSA) is 72.6 Å². The largest absolute Gasteiger partial charge is 0.379 e. The molecule has 96 valence electrons. The minimum absolute atomic E-state index is 0.496. The van der Waals surface area contributed by atoms with Crippen LogP contribution in [0, 0.1) is 0 Å². The summed E-state index contributed by atoms with van der Waals surface area (Å²) in [6.07, 6.45) is 0.635. The molecule has 1 amide bonds. The van der Waals surface area contributed by atoms with Crippen molar-refractivity contribution in [2.75, 3.05) is 26.3 Å². The molecule has 5 heteroatoms. The van der Waals surface area contributed by atoms with E-state index >= 15 is 0 Å². The molecule has 1 aliphatic rings. The molecule has 1 unspecified atom stereocenters. The van der Waals surface area contributed by atoms with Crippen LogP contribution >= 0.6 is 0 Å². The third-order valence-electron chi connectivity index (χ3n) is 3.27. The first-order chi connectivity index (χ1) is 8.71. The number of ether oxygens (including phenoxy) is 1. The predicted molar refractivity (Wildman–Crippen MR) is 65.8 cm³/mol. The Labute approximate surface area is 106 Å². The van der Waals surface area contributed by atoms with E-state index < -0.39 is 11.4 Å². The zero-order chi connectivity index (χ0) is 13.0. The van der Waals surface area contributed by atoms with Crippen molar-refractivity contribution in [1.29, 1.82) is 0 Å². The lowest BCUT2D eigenvalue weighted by atomic mass is 9.88. The smallest absolute Gasteiger partial charge is 0.250 e. The van der Waals surface area contributed by atoms with E-state index in [-0.39, 0.29) is 0 Å². The Morgan fingerprint density at radius 2 is 1.89 bits per heavy atom. The second-order valence-electron chi connectivity index (χ2n) is 4.21. The number of hydrogen-bond donors (Lipinski definition) is 1. The maximum Gasteiger partial charge on any atom is 0.250 e. The van der Waals surface area contributed by atoms with Crippen LogP contribution in [0.25, 0.3) is 0 Å². The van der Waals surface area contributed by atoms with Crippen molar-refractivity contribution in [1.82, 2.24) is 4.90 Å². The van der Waals surface area contributed by atoms with Gasteiger partial charge in [0.1, 0.15) is 0 Å². The summed E-state index contributed by atoms with van der Waals surface area (Å²) in [4.78, 5) is 25.2. The van der Waals surface area contributed by atoms with E-state index in [9.17, 15) is 9.59 Å². The molecule has 1 atom stereocenters. The number of hydrogen-bond acceptors (Lipinski definition) is 4. The summed E-state index contributed by atoms with van der Waals surface area (Å²) in [7, 11) is 0. The van der Waals surface area contributed by atoms with Crippen molar-refractivity contribution in [2.24, 2.45) is 5.73 Å². The number of carbonyl (C=O) groups excluding carboxylic acids is 2. The first kappa shape index (κ1) is 12.7. The maximum absolute atomic E-state index is 11.9. The molecule has 0 aliphatic carbocycles. The SMILES string of the molecule is NC(=O)C(C=O)(c1ccccc1)N1CCOCC1. The van der Waals surface area contributed by atoms with Gasteiger partial charge in [0.15, 0.2) is 11.8 Å². The molecule has 0 saturated carbocycles. The van der Waals surface area contributed by atoms with E-state index in [4.69, 9.17) is 10.5 Å². The van der Waals surface area contributed by atoms with Gasteiger partial charge in [-0.15, -0.1) is 0 Å². The quantitative estimate of drug-likeness (QED) is 0.596. The molecule has 1 aromatic rings. The highest BCUT2D eigenvalue weighted by Gasteiger charge is 2.44. The summed E-state index contributed by atoms with van der Waals surface area (Å²) in [6, 6.07) is 8.90. The van der Waals surface area contributed by atoms with Gasteiger partial charge < -0.3 is 15.3 Å². The van der Waals surface area contributed by atoms with Crippen LogP contribution in [-0.4, -0.2) is 43.4 Å². The standard InChI is InChI=1S/C13H16N2O3/c14-12(17)13(10-16,11-4-2-1-3-5-11)15-6-8-18-9-7-15/h1-5,10H,6-9H2,(H2,14,17). The zero-order valence-corrected chi connectivity index (χ0v) is 10.0. The van der Waals surface area contributed by atoms with Gasteiger partial charge in [0, 0.05) is 13.1 Å². The third-order valence-corrected chi connectivity index (χ3v) is 3.27. The monoisotopic (exact) mass is 248 g/mol. The van der Waals surface area contributed by atoms with E-state index in [0.717, 1.165) is 0 Å². The first-order valence-electron chi connectivity index (χ1n) is 5.86. The summed E-state index contributed by atoms with van der Waals surface area (Å²) in [5.74, 6) is -0.648. The molecule has 0 spiro atoms. The number of benzene rings is 1. The lowest BCUT2D eigenvalue weighted by molar-refractivity contribution is -0.141. The summed E-state index contributed by atoms with van der Waals surface area (Å²) < 4.78 is 5.25. The molecule has 0 aromatic heterocycles. The van der Waals surface area contributed by atoms with Gasteiger partial charge in [-0.2, -0.15) is 0 Å². The van der Waals surface area contributed by atoms with Crippen molar-refractivity contribution < 1.29 is 14.3 Å². The molecule has 1 aromatic carbocycles. The maximum atomic E-state index is 11.9. The Kier molecular flexibility index (Phi) is 3.74. The van der Waals surface area contributed by atoms with E-state index in [0.29, 0.717) is 38.2 Å². The Hall–Kier alpha value is -1.72. The van der Waals surface area contributed by atoms with Crippen molar-refractivity contribution in [3.8, 4) is 0 Å². The van der Waals surface area contributed by atoms with Gasteiger partial charge in [0.25, 0.3) is 0 Å². The van der Waals surface area contributed by atoms with Crippen LogP contribution in [0.3, 0.4) is 0 Å². The number of nitrogens with two attached hydrogens (primary N) is 1. The Morgan fingerprint density at radius 3 is 2.39 bits per heavy atom. The van der Waals surface area contributed by atoms with Crippen LogP contribution in [0.5, 0.6) is 0 Å². The Balaban J connectivity index is 2.45. The molecule has 18 heavy (non-hydrogen) atoms. The second-order valence-corrected chi connectivity index (χ2v) is 4.21. The fourth-order valence-corrected chi connectivity index (χ4v) is 2.29. The molecule has 1 heterocycles. The number of rotatable bonds is 4. The van der Waals surface area contributed by atoms with Crippen LogP contribution < -0.4 is 5.73 Å². The van der Waals surface area contributed by atoms with Gasteiger partial charge in [-0.3, -0.25) is 9.69 Å². The zero-order valence-electron chi connectivity index (χ0n) is 10.0. The average Bonchev–Trinajstić information content (AvgIpc) is 2.42. The van der Waals surface area contributed by atoms with E-state index in [2.05, 4.69) is 0 Å². The van der Waals surface area contributed by atoms with Crippen molar-refractivity contribution >= 4 is 12.2 Å². The lowest BCUT2D eigenvalue weighted by Crippen LogP contribution is -2.59. The molecular weight excluding hydrogens is 232 g/mol. The van der Waals surface area contributed by atoms with E-state index in [1.807, 2.05) is 6.07 Å². The molecule has 0 radical (unpaired) electrons. The molecule has 1 fully saturated rings. The third kappa shape index (κ3) is 2.02. The van der Waals surface area contributed by atoms with Gasteiger partial charge in [-0.05, 0) is 5.56 Å². The number of amides is 1. The second kappa shape index (κ2) is 5.29. The number of carbonyl (C=O) groups is 2. The fourth-order valence-electron chi connectivity index (χ4n) is 2.29. The normalized spacial score (nSPS) is 20.0. The highest BCUT2D eigenvalue weighted by atomic mass is 16.5. The van der Waals surface area contributed by atoms with Gasteiger partial charge in [-0.25, -0.2) is 0 Å². The van der Waals surface area contributed by atoms with Crippen LogP contribution in [0.15, 0.2) is 30.3 Å². The van der Waals surface area contributed by atoms with Crippen molar-refractivity contribution in [3.05, 3.63) is 35.9 Å². The Morgan fingerprint density at radius 1 is 1.28 bits per heavy atom. The minimum Gasteiger partial charge on any atom is -0.379 e.